The highest BCUT2D eigenvalue weighted by Crippen LogP contribution is 2.44. The van der Waals surface area contributed by atoms with Crippen molar-refractivity contribution in [2.75, 3.05) is 45.3 Å². The molecule has 1 saturated heterocycles. The van der Waals surface area contributed by atoms with Crippen molar-refractivity contribution in [3.63, 3.8) is 0 Å². The Kier molecular flexibility index (Phi) is 5.57. The quantitative estimate of drug-likeness (QED) is 0.642. The molecule has 0 spiro atoms. The Morgan fingerprint density at radius 2 is 1.93 bits per heavy atom. The summed E-state index contributed by atoms with van der Waals surface area (Å²) in [4.78, 5) is 13.6. The average Bonchev–Trinajstić information content (AvgIpc) is 2.87. The fraction of sp³-hybridized carbons (Fsp3) is 0.400. The van der Waals surface area contributed by atoms with Crippen LogP contribution in [0.15, 0.2) is 18.2 Å². The number of rotatable bonds is 4. The van der Waals surface area contributed by atoms with Gasteiger partial charge in [-0.1, -0.05) is 6.07 Å². The van der Waals surface area contributed by atoms with Crippen molar-refractivity contribution in [3.8, 4) is 22.6 Å². The van der Waals surface area contributed by atoms with Crippen LogP contribution in [0.25, 0.3) is 21.3 Å². The molecule has 1 aromatic carbocycles. The predicted molar refractivity (Wildman–Crippen MR) is 115 cm³/mol. The Morgan fingerprint density at radius 1 is 1.11 bits per heavy atom. The van der Waals surface area contributed by atoms with E-state index in [-0.39, 0.29) is 0 Å². The second kappa shape index (κ2) is 8.11. The van der Waals surface area contributed by atoms with E-state index in [4.69, 9.17) is 21.1 Å². The second-order valence-electron chi connectivity index (χ2n) is 6.69. The van der Waals surface area contributed by atoms with Crippen LogP contribution in [0.3, 0.4) is 0 Å². The molecule has 0 unspecified atom stereocenters. The van der Waals surface area contributed by atoms with Crippen LogP contribution in [0, 0.1) is 6.92 Å². The van der Waals surface area contributed by atoms with Crippen LogP contribution >= 0.6 is 22.9 Å². The third-order valence-electron chi connectivity index (χ3n) is 4.99. The standard InChI is InChI=1S/C20H23ClN4O2S/c1-12-16(13-5-6-14(26-2)15(11-13)27-3)17-18(23-20(21)24-19(17)28-12)25-9-4-7-22-8-10-25/h5-6,11,22H,4,7-10H2,1-3H3. The minimum atomic E-state index is 0.291. The van der Waals surface area contributed by atoms with E-state index in [9.17, 15) is 0 Å². The van der Waals surface area contributed by atoms with Gasteiger partial charge in [0.15, 0.2) is 11.5 Å². The number of aromatic nitrogens is 2. The summed E-state index contributed by atoms with van der Waals surface area (Å²) >= 11 is 7.93. The van der Waals surface area contributed by atoms with Gasteiger partial charge < -0.3 is 19.7 Å². The van der Waals surface area contributed by atoms with Crippen LogP contribution in [-0.2, 0) is 0 Å². The first-order chi connectivity index (χ1) is 13.6. The molecule has 0 bridgehead atoms. The van der Waals surface area contributed by atoms with E-state index in [0.717, 1.165) is 59.8 Å². The van der Waals surface area contributed by atoms with E-state index >= 15 is 0 Å². The van der Waals surface area contributed by atoms with Gasteiger partial charge in [0.05, 0.1) is 19.6 Å². The summed E-state index contributed by atoms with van der Waals surface area (Å²) in [5.41, 5.74) is 2.19. The lowest BCUT2D eigenvalue weighted by atomic mass is 10.0. The molecule has 4 rings (SSSR count). The van der Waals surface area contributed by atoms with Crippen molar-refractivity contribution in [2.45, 2.75) is 13.3 Å². The molecule has 1 aliphatic rings. The summed E-state index contributed by atoms with van der Waals surface area (Å²) in [6.07, 6.45) is 1.07. The zero-order chi connectivity index (χ0) is 19.7. The fourth-order valence-electron chi connectivity index (χ4n) is 3.69. The van der Waals surface area contributed by atoms with E-state index in [1.165, 1.54) is 4.88 Å². The molecule has 0 saturated carbocycles. The highest BCUT2D eigenvalue weighted by molar-refractivity contribution is 7.19. The Morgan fingerprint density at radius 3 is 2.71 bits per heavy atom. The molecule has 3 heterocycles. The van der Waals surface area contributed by atoms with Gasteiger partial charge in [-0.15, -0.1) is 11.3 Å². The van der Waals surface area contributed by atoms with E-state index in [0.29, 0.717) is 16.8 Å². The number of nitrogens with one attached hydrogen (secondary N) is 1. The van der Waals surface area contributed by atoms with Crippen LogP contribution in [0.4, 0.5) is 5.82 Å². The lowest BCUT2D eigenvalue weighted by molar-refractivity contribution is 0.355. The first kappa shape index (κ1) is 19.2. The summed E-state index contributed by atoms with van der Waals surface area (Å²) in [5, 5.41) is 4.79. The number of anilines is 1. The van der Waals surface area contributed by atoms with E-state index in [1.54, 1.807) is 25.6 Å². The summed E-state index contributed by atoms with van der Waals surface area (Å²) in [6, 6.07) is 6.00. The molecule has 0 aliphatic carbocycles. The van der Waals surface area contributed by atoms with Crippen LogP contribution in [0.5, 0.6) is 11.5 Å². The fourth-order valence-corrected chi connectivity index (χ4v) is 4.95. The number of hydrogen-bond donors (Lipinski definition) is 1. The number of nitrogens with zero attached hydrogens (tertiary/aromatic N) is 3. The van der Waals surface area contributed by atoms with Gasteiger partial charge in [-0.05, 0) is 49.2 Å². The Balaban J connectivity index is 1.93. The Hall–Kier alpha value is -2.09. The van der Waals surface area contributed by atoms with Gasteiger partial charge in [0.25, 0.3) is 0 Å². The molecular formula is C20H23ClN4O2S. The first-order valence-electron chi connectivity index (χ1n) is 9.27. The summed E-state index contributed by atoms with van der Waals surface area (Å²) in [5.74, 6) is 2.32. The van der Waals surface area contributed by atoms with E-state index in [2.05, 4.69) is 33.2 Å². The van der Waals surface area contributed by atoms with Gasteiger partial charge in [-0.2, -0.15) is 4.98 Å². The Labute approximate surface area is 173 Å². The number of halogens is 1. The van der Waals surface area contributed by atoms with E-state index < -0.39 is 0 Å². The lowest BCUT2D eigenvalue weighted by Gasteiger charge is -2.22. The van der Waals surface area contributed by atoms with Gasteiger partial charge in [0, 0.05) is 30.1 Å². The number of ether oxygens (including phenoxy) is 2. The maximum Gasteiger partial charge on any atom is 0.225 e. The number of hydrogen-bond acceptors (Lipinski definition) is 7. The molecule has 1 N–H and O–H groups in total. The highest BCUT2D eigenvalue weighted by Gasteiger charge is 2.23. The van der Waals surface area contributed by atoms with Gasteiger partial charge in [-0.3, -0.25) is 0 Å². The van der Waals surface area contributed by atoms with Gasteiger partial charge in [0.1, 0.15) is 10.6 Å². The highest BCUT2D eigenvalue weighted by atomic mass is 35.5. The molecule has 1 fully saturated rings. The second-order valence-corrected chi connectivity index (χ2v) is 8.23. The van der Waals surface area contributed by atoms with E-state index in [1.807, 2.05) is 12.1 Å². The number of benzene rings is 1. The van der Waals surface area contributed by atoms with Crippen molar-refractivity contribution in [1.29, 1.82) is 0 Å². The van der Waals surface area contributed by atoms with Crippen molar-refractivity contribution in [2.24, 2.45) is 0 Å². The minimum Gasteiger partial charge on any atom is -0.493 e. The van der Waals surface area contributed by atoms with Crippen molar-refractivity contribution < 1.29 is 9.47 Å². The molecule has 0 atom stereocenters. The number of fused-ring (bicyclic) bond motifs is 1. The molecule has 1 aliphatic heterocycles. The SMILES string of the molecule is COc1ccc(-c2c(C)sc3nc(Cl)nc(N4CCCNCC4)c23)cc1OC. The maximum atomic E-state index is 6.28. The molecule has 8 heteroatoms. The van der Waals surface area contributed by atoms with Crippen LogP contribution in [0.2, 0.25) is 5.28 Å². The third kappa shape index (κ3) is 3.50. The van der Waals surface area contributed by atoms with Gasteiger partial charge >= 0.3 is 0 Å². The molecule has 0 radical (unpaired) electrons. The average molecular weight is 419 g/mol. The molecular weight excluding hydrogens is 396 g/mol. The molecule has 3 aromatic rings. The zero-order valence-corrected chi connectivity index (χ0v) is 17.8. The molecule has 0 amide bonds. The first-order valence-corrected chi connectivity index (χ1v) is 10.5. The normalized spacial score (nSPS) is 14.9. The Bertz CT molecular complexity index is 1000. The van der Waals surface area contributed by atoms with Crippen LogP contribution in [0.1, 0.15) is 11.3 Å². The molecule has 2 aromatic heterocycles. The third-order valence-corrected chi connectivity index (χ3v) is 6.16. The van der Waals surface area contributed by atoms with Gasteiger partial charge in [-0.25, -0.2) is 4.98 Å². The predicted octanol–water partition coefficient (Wildman–Crippen LogP) is 4.14. The molecule has 28 heavy (non-hydrogen) atoms. The summed E-state index contributed by atoms with van der Waals surface area (Å²) in [7, 11) is 3.29. The lowest BCUT2D eigenvalue weighted by Crippen LogP contribution is -2.28. The van der Waals surface area contributed by atoms with Crippen LogP contribution in [-0.4, -0.2) is 50.4 Å². The van der Waals surface area contributed by atoms with Crippen molar-refractivity contribution in [3.05, 3.63) is 28.4 Å². The number of methoxy groups -OCH3 is 2. The smallest absolute Gasteiger partial charge is 0.225 e. The largest absolute Gasteiger partial charge is 0.493 e. The maximum absolute atomic E-state index is 6.28. The number of thiophene rings is 1. The van der Waals surface area contributed by atoms with Gasteiger partial charge in [0.2, 0.25) is 5.28 Å². The summed E-state index contributed by atoms with van der Waals surface area (Å²) in [6.45, 7) is 5.89. The summed E-state index contributed by atoms with van der Waals surface area (Å²) < 4.78 is 10.9. The number of aryl methyl sites for hydroxylation is 1. The molecule has 148 valence electrons. The van der Waals surface area contributed by atoms with Crippen molar-refractivity contribution >= 4 is 39.0 Å². The molecule has 6 nitrogen and oxygen atoms in total. The topological polar surface area (TPSA) is 59.5 Å². The monoisotopic (exact) mass is 418 g/mol. The minimum absolute atomic E-state index is 0.291. The van der Waals surface area contributed by atoms with Crippen molar-refractivity contribution in [1.82, 2.24) is 15.3 Å². The zero-order valence-electron chi connectivity index (χ0n) is 16.2. The van der Waals surface area contributed by atoms with Crippen LogP contribution < -0.4 is 19.7 Å².